The number of nitrogens with zero attached hydrogens (tertiary/aromatic N) is 1. The standard InChI is InChI=1S/C11H23NO/c1-3-10(2)12-7-4-11(5-8-12)6-9-13/h10-11,13H,3-9H2,1-2H3/t10-/m0/s1. The van der Waals surface area contributed by atoms with Gasteiger partial charge >= 0.3 is 0 Å². The van der Waals surface area contributed by atoms with Crippen LogP contribution in [0.4, 0.5) is 0 Å². The second-order valence-corrected chi connectivity index (χ2v) is 4.25. The molecule has 13 heavy (non-hydrogen) atoms. The van der Waals surface area contributed by atoms with Crippen molar-refractivity contribution in [2.24, 2.45) is 5.92 Å². The molecule has 0 spiro atoms. The van der Waals surface area contributed by atoms with Crippen LogP contribution < -0.4 is 0 Å². The first-order valence-corrected chi connectivity index (χ1v) is 5.62. The highest BCUT2D eigenvalue weighted by Gasteiger charge is 2.20. The van der Waals surface area contributed by atoms with Gasteiger partial charge in [0.25, 0.3) is 0 Å². The Hall–Kier alpha value is -0.0800. The molecule has 0 aliphatic carbocycles. The fraction of sp³-hybridized carbons (Fsp3) is 1.00. The van der Waals surface area contributed by atoms with E-state index in [1.807, 2.05) is 0 Å². The first-order chi connectivity index (χ1) is 6.27. The predicted molar refractivity (Wildman–Crippen MR) is 55.8 cm³/mol. The van der Waals surface area contributed by atoms with E-state index in [2.05, 4.69) is 18.7 Å². The van der Waals surface area contributed by atoms with E-state index < -0.39 is 0 Å². The van der Waals surface area contributed by atoms with Crippen LogP contribution >= 0.6 is 0 Å². The number of aliphatic hydroxyl groups excluding tert-OH is 1. The molecule has 0 unspecified atom stereocenters. The quantitative estimate of drug-likeness (QED) is 0.723. The summed E-state index contributed by atoms with van der Waals surface area (Å²) in [5, 5.41) is 8.83. The van der Waals surface area contributed by atoms with Crippen LogP contribution in [-0.4, -0.2) is 35.7 Å². The van der Waals surface area contributed by atoms with Gasteiger partial charge in [0, 0.05) is 12.6 Å². The first kappa shape index (κ1) is 11.0. The summed E-state index contributed by atoms with van der Waals surface area (Å²) in [5.41, 5.74) is 0. The van der Waals surface area contributed by atoms with E-state index in [1.54, 1.807) is 0 Å². The maximum absolute atomic E-state index is 8.83. The van der Waals surface area contributed by atoms with Crippen molar-refractivity contribution in [2.75, 3.05) is 19.7 Å². The lowest BCUT2D eigenvalue weighted by Gasteiger charge is -2.35. The Morgan fingerprint density at radius 2 is 2.00 bits per heavy atom. The first-order valence-electron chi connectivity index (χ1n) is 5.62. The summed E-state index contributed by atoms with van der Waals surface area (Å²) in [6.45, 7) is 7.41. The highest BCUT2D eigenvalue weighted by molar-refractivity contribution is 4.75. The summed E-state index contributed by atoms with van der Waals surface area (Å²) in [4.78, 5) is 2.58. The molecule has 1 heterocycles. The fourth-order valence-corrected chi connectivity index (χ4v) is 2.12. The van der Waals surface area contributed by atoms with E-state index in [1.165, 1.54) is 32.4 Å². The van der Waals surface area contributed by atoms with Gasteiger partial charge in [-0.05, 0) is 51.6 Å². The third-order valence-corrected chi connectivity index (χ3v) is 3.40. The Kier molecular flexibility index (Phi) is 4.74. The zero-order valence-electron chi connectivity index (χ0n) is 9.00. The molecule has 0 aromatic rings. The third-order valence-electron chi connectivity index (χ3n) is 3.40. The number of hydrogen-bond donors (Lipinski definition) is 1. The maximum Gasteiger partial charge on any atom is 0.0433 e. The molecule has 2 nitrogen and oxygen atoms in total. The SMILES string of the molecule is CC[C@H](C)N1CCC(CCO)CC1. The van der Waals surface area contributed by atoms with Gasteiger partial charge in [-0.1, -0.05) is 6.92 Å². The van der Waals surface area contributed by atoms with Crippen molar-refractivity contribution < 1.29 is 5.11 Å². The Balaban J connectivity index is 2.22. The van der Waals surface area contributed by atoms with Crippen LogP contribution in [0.15, 0.2) is 0 Å². The molecule has 1 atom stereocenters. The Morgan fingerprint density at radius 3 is 2.46 bits per heavy atom. The van der Waals surface area contributed by atoms with Crippen LogP contribution in [0, 0.1) is 5.92 Å². The molecule has 1 fully saturated rings. The second-order valence-electron chi connectivity index (χ2n) is 4.25. The van der Waals surface area contributed by atoms with Crippen LogP contribution in [0.2, 0.25) is 0 Å². The van der Waals surface area contributed by atoms with E-state index in [4.69, 9.17) is 5.11 Å². The van der Waals surface area contributed by atoms with Crippen molar-refractivity contribution in [3.63, 3.8) is 0 Å². The number of piperidine rings is 1. The highest BCUT2D eigenvalue weighted by Crippen LogP contribution is 2.21. The van der Waals surface area contributed by atoms with Gasteiger partial charge in [0.05, 0.1) is 0 Å². The van der Waals surface area contributed by atoms with Crippen molar-refractivity contribution in [1.82, 2.24) is 4.90 Å². The molecule has 0 bridgehead atoms. The summed E-state index contributed by atoms with van der Waals surface area (Å²) in [5.74, 6) is 0.783. The second kappa shape index (κ2) is 5.61. The molecule has 0 aromatic heterocycles. The van der Waals surface area contributed by atoms with Gasteiger partial charge in [-0.3, -0.25) is 0 Å². The Morgan fingerprint density at radius 1 is 1.38 bits per heavy atom. The lowest BCUT2D eigenvalue weighted by Crippen LogP contribution is -2.39. The number of rotatable bonds is 4. The average Bonchev–Trinajstić information content (AvgIpc) is 2.18. The molecule has 1 rings (SSSR count). The monoisotopic (exact) mass is 185 g/mol. The van der Waals surface area contributed by atoms with Gasteiger partial charge in [-0.15, -0.1) is 0 Å². The summed E-state index contributed by atoms with van der Waals surface area (Å²) in [7, 11) is 0. The van der Waals surface area contributed by atoms with E-state index >= 15 is 0 Å². The molecule has 1 aliphatic rings. The average molecular weight is 185 g/mol. The fourth-order valence-electron chi connectivity index (χ4n) is 2.12. The van der Waals surface area contributed by atoms with Crippen molar-refractivity contribution in [2.45, 2.75) is 45.6 Å². The molecule has 0 amide bonds. The highest BCUT2D eigenvalue weighted by atomic mass is 16.3. The van der Waals surface area contributed by atoms with E-state index in [0.717, 1.165) is 18.4 Å². The van der Waals surface area contributed by atoms with Crippen LogP contribution in [0.1, 0.15) is 39.5 Å². The van der Waals surface area contributed by atoms with Gasteiger partial charge in [0.2, 0.25) is 0 Å². The Labute approximate surface area is 81.9 Å². The summed E-state index contributed by atoms with van der Waals surface area (Å²) in [6.07, 6.45) is 4.83. The normalized spacial score (nSPS) is 23.3. The van der Waals surface area contributed by atoms with E-state index in [0.29, 0.717) is 6.61 Å². The van der Waals surface area contributed by atoms with Gasteiger partial charge in [0.1, 0.15) is 0 Å². The Bertz CT molecular complexity index is 130. The van der Waals surface area contributed by atoms with Crippen molar-refractivity contribution in [3.8, 4) is 0 Å². The summed E-state index contributed by atoms with van der Waals surface area (Å²) >= 11 is 0. The van der Waals surface area contributed by atoms with Crippen LogP contribution in [0.25, 0.3) is 0 Å². The topological polar surface area (TPSA) is 23.5 Å². The molecule has 1 aliphatic heterocycles. The van der Waals surface area contributed by atoms with Crippen LogP contribution in [0.5, 0.6) is 0 Å². The minimum atomic E-state index is 0.369. The lowest BCUT2D eigenvalue weighted by molar-refractivity contribution is 0.123. The molecule has 0 saturated carbocycles. The molecule has 1 saturated heterocycles. The lowest BCUT2D eigenvalue weighted by atomic mass is 9.93. The van der Waals surface area contributed by atoms with E-state index in [9.17, 15) is 0 Å². The van der Waals surface area contributed by atoms with Gasteiger partial charge in [0.15, 0.2) is 0 Å². The zero-order chi connectivity index (χ0) is 9.68. The number of aliphatic hydroxyl groups is 1. The summed E-state index contributed by atoms with van der Waals surface area (Å²) in [6, 6.07) is 0.745. The zero-order valence-corrected chi connectivity index (χ0v) is 9.00. The van der Waals surface area contributed by atoms with Gasteiger partial charge in [-0.25, -0.2) is 0 Å². The van der Waals surface area contributed by atoms with Crippen molar-refractivity contribution >= 4 is 0 Å². The molecule has 0 aromatic carbocycles. The minimum absolute atomic E-state index is 0.369. The smallest absolute Gasteiger partial charge is 0.0433 e. The van der Waals surface area contributed by atoms with Gasteiger partial charge in [-0.2, -0.15) is 0 Å². The minimum Gasteiger partial charge on any atom is -0.396 e. The van der Waals surface area contributed by atoms with Crippen LogP contribution in [0.3, 0.4) is 0 Å². The molecular formula is C11H23NO. The van der Waals surface area contributed by atoms with Gasteiger partial charge < -0.3 is 10.0 Å². The third kappa shape index (κ3) is 3.28. The number of hydrogen-bond acceptors (Lipinski definition) is 2. The number of likely N-dealkylation sites (tertiary alicyclic amines) is 1. The summed E-state index contributed by atoms with van der Waals surface area (Å²) < 4.78 is 0. The molecule has 0 radical (unpaired) electrons. The van der Waals surface area contributed by atoms with Crippen LogP contribution in [-0.2, 0) is 0 Å². The maximum atomic E-state index is 8.83. The van der Waals surface area contributed by atoms with E-state index in [-0.39, 0.29) is 0 Å². The van der Waals surface area contributed by atoms with Crippen molar-refractivity contribution in [1.29, 1.82) is 0 Å². The molecular weight excluding hydrogens is 162 g/mol. The largest absolute Gasteiger partial charge is 0.396 e. The van der Waals surface area contributed by atoms with Crippen molar-refractivity contribution in [3.05, 3.63) is 0 Å². The molecule has 2 heteroatoms. The molecule has 1 N–H and O–H groups in total. The predicted octanol–water partition coefficient (Wildman–Crippen LogP) is 1.88. The molecule has 78 valence electrons.